The van der Waals surface area contributed by atoms with Crippen LogP contribution in [-0.4, -0.2) is 12.3 Å². The molecule has 0 N–H and O–H groups in total. The average Bonchev–Trinajstić information content (AvgIpc) is 2.10. The Hall–Kier alpha value is -0.160. The Morgan fingerprint density at radius 1 is 1.42 bits per heavy atom. The molecule has 70 valence electrons. The summed E-state index contributed by atoms with van der Waals surface area (Å²) in [5.41, 5.74) is 0. The molecule has 1 nitrogen and oxygen atoms in total. The lowest BCUT2D eigenvalue weighted by Gasteiger charge is -1.99. The van der Waals surface area contributed by atoms with Gasteiger partial charge in [-0.25, -0.2) is 0 Å². The zero-order chi connectivity index (χ0) is 9.40. The largest absolute Gasteiger partial charge is 0.338 e. The molecule has 2 heteroatoms. The van der Waals surface area contributed by atoms with Gasteiger partial charge in [-0.1, -0.05) is 30.6 Å². The molecule has 0 aromatic rings. The van der Waals surface area contributed by atoms with Crippen LogP contribution in [-0.2, 0) is 4.57 Å². The van der Waals surface area contributed by atoms with Gasteiger partial charge in [0, 0.05) is 0 Å². The fourth-order valence-electron chi connectivity index (χ4n) is 0.970. The Morgan fingerprint density at radius 2 is 2.08 bits per heavy atom. The smallest absolute Gasteiger partial charge is 0.0885 e. The normalized spacial score (nSPS) is 15.1. The summed E-state index contributed by atoms with van der Waals surface area (Å²) in [6.07, 6.45) is 8.30. The molecule has 0 radical (unpaired) electrons. The summed E-state index contributed by atoms with van der Waals surface area (Å²) in [5, 5.41) is 0. The van der Waals surface area contributed by atoms with Crippen LogP contribution in [0.1, 0.15) is 33.6 Å². The van der Waals surface area contributed by atoms with E-state index in [1.54, 1.807) is 0 Å². The van der Waals surface area contributed by atoms with Crippen molar-refractivity contribution in [3.05, 3.63) is 12.2 Å². The molecule has 0 saturated carbocycles. The SMILES string of the molecule is CCC=CC(C)CC[P+](=O)CC. The van der Waals surface area contributed by atoms with E-state index in [9.17, 15) is 4.57 Å². The summed E-state index contributed by atoms with van der Waals surface area (Å²) in [7, 11) is -0.910. The third-order valence-corrected chi connectivity index (χ3v) is 3.35. The van der Waals surface area contributed by atoms with Gasteiger partial charge in [0.25, 0.3) is 0 Å². The molecule has 0 saturated heterocycles. The minimum absolute atomic E-state index is 0.593. The van der Waals surface area contributed by atoms with Crippen molar-refractivity contribution in [3.8, 4) is 0 Å². The molecule has 0 aromatic carbocycles. The van der Waals surface area contributed by atoms with E-state index in [4.69, 9.17) is 0 Å². The first-order valence-corrected chi connectivity index (χ1v) is 6.42. The van der Waals surface area contributed by atoms with Gasteiger partial charge in [0.2, 0.25) is 0 Å². The monoisotopic (exact) mass is 187 g/mol. The summed E-state index contributed by atoms with van der Waals surface area (Å²) in [4.78, 5) is 0. The van der Waals surface area contributed by atoms with Crippen molar-refractivity contribution in [3.63, 3.8) is 0 Å². The Morgan fingerprint density at radius 3 is 2.58 bits per heavy atom. The molecular weight excluding hydrogens is 167 g/mol. The summed E-state index contributed by atoms with van der Waals surface area (Å²) >= 11 is 0. The van der Waals surface area contributed by atoms with Crippen molar-refractivity contribution in [2.45, 2.75) is 33.6 Å². The number of rotatable bonds is 6. The van der Waals surface area contributed by atoms with Crippen LogP contribution in [0.2, 0.25) is 0 Å². The first-order chi connectivity index (χ1) is 5.70. The van der Waals surface area contributed by atoms with Crippen LogP contribution in [0.15, 0.2) is 12.2 Å². The molecular formula is C10H20OP+. The molecule has 0 heterocycles. The van der Waals surface area contributed by atoms with E-state index in [1.807, 2.05) is 6.92 Å². The molecule has 2 unspecified atom stereocenters. The maximum Gasteiger partial charge on any atom is 0.338 e. The lowest BCUT2D eigenvalue weighted by Crippen LogP contribution is -1.92. The number of hydrogen-bond acceptors (Lipinski definition) is 1. The van der Waals surface area contributed by atoms with E-state index in [0.29, 0.717) is 5.92 Å². The third kappa shape index (κ3) is 6.54. The highest BCUT2D eigenvalue weighted by Gasteiger charge is 2.11. The lowest BCUT2D eigenvalue weighted by molar-refractivity contribution is 0.582. The topological polar surface area (TPSA) is 17.1 Å². The Kier molecular flexibility index (Phi) is 7.39. The summed E-state index contributed by atoms with van der Waals surface area (Å²) in [6, 6.07) is 0. The van der Waals surface area contributed by atoms with Crippen LogP contribution >= 0.6 is 7.80 Å². The fourth-order valence-corrected chi connectivity index (χ4v) is 1.98. The fraction of sp³-hybridized carbons (Fsp3) is 0.800. The molecule has 0 fully saturated rings. The highest BCUT2D eigenvalue weighted by Crippen LogP contribution is 2.22. The van der Waals surface area contributed by atoms with E-state index in [-0.39, 0.29) is 0 Å². The number of allylic oxidation sites excluding steroid dienone is 2. The summed E-state index contributed by atoms with van der Waals surface area (Å²) in [6.45, 7) is 6.31. The molecule has 0 aliphatic heterocycles. The van der Waals surface area contributed by atoms with Gasteiger partial charge < -0.3 is 0 Å². The Bertz CT molecular complexity index is 152. The zero-order valence-corrected chi connectivity index (χ0v) is 9.31. The molecule has 0 aromatic heterocycles. The van der Waals surface area contributed by atoms with Crippen molar-refractivity contribution in [1.29, 1.82) is 0 Å². The second-order valence-electron chi connectivity index (χ2n) is 3.12. The Labute approximate surface area is 77.0 Å². The van der Waals surface area contributed by atoms with Crippen molar-refractivity contribution in [2.24, 2.45) is 5.92 Å². The molecule has 0 spiro atoms. The summed E-state index contributed by atoms with van der Waals surface area (Å²) in [5.74, 6) is 0.593. The maximum absolute atomic E-state index is 11.1. The number of hydrogen-bond donors (Lipinski definition) is 0. The first-order valence-electron chi connectivity index (χ1n) is 4.79. The van der Waals surface area contributed by atoms with Crippen molar-refractivity contribution in [2.75, 3.05) is 12.3 Å². The van der Waals surface area contributed by atoms with E-state index in [1.165, 1.54) is 0 Å². The van der Waals surface area contributed by atoms with Crippen LogP contribution in [0.3, 0.4) is 0 Å². The second-order valence-corrected chi connectivity index (χ2v) is 5.17. The minimum Gasteiger partial charge on any atom is -0.0885 e. The van der Waals surface area contributed by atoms with Crippen LogP contribution in [0, 0.1) is 5.92 Å². The van der Waals surface area contributed by atoms with E-state index < -0.39 is 7.80 Å². The van der Waals surface area contributed by atoms with Gasteiger partial charge in [0.1, 0.15) is 12.3 Å². The van der Waals surface area contributed by atoms with Crippen LogP contribution in [0.4, 0.5) is 0 Å². The van der Waals surface area contributed by atoms with Gasteiger partial charge in [-0.05, 0) is 25.7 Å². The zero-order valence-electron chi connectivity index (χ0n) is 8.42. The van der Waals surface area contributed by atoms with Gasteiger partial charge >= 0.3 is 7.80 Å². The van der Waals surface area contributed by atoms with Crippen molar-refractivity contribution >= 4 is 7.80 Å². The molecule has 12 heavy (non-hydrogen) atoms. The first kappa shape index (κ1) is 11.8. The quantitative estimate of drug-likeness (QED) is 0.456. The molecule has 2 atom stereocenters. The average molecular weight is 187 g/mol. The van der Waals surface area contributed by atoms with Gasteiger partial charge in [0.15, 0.2) is 0 Å². The van der Waals surface area contributed by atoms with Crippen molar-refractivity contribution < 1.29 is 4.57 Å². The molecule has 0 bridgehead atoms. The molecule has 0 aliphatic carbocycles. The van der Waals surface area contributed by atoms with Gasteiger partial charge in [-0.3, -0.25) is 0 Å². The van der Waals surface area contributed by atoms with Gasteiger partial charge in [0.05, 0.1) is 0 Å². The van der Waals surface area contributed by atoms with Crippen LogP contribution < -0.4 is 0 Å². The van der Waals surface area contributed by atoms with E-state index in [2.05, 4.69) is 26.0 Å². The van der Waals surface area contributed by atoms with Crippen molar-refractivity contribution in [1.82, 2.24) is 0 Å². The van der Waals surface area contributed by atoms with Gasteiger partial charge in [-0.2, -0.15) is 0 Å². The highest BCUT2D eigenvalue weighted by atomic mass is 31.1. The third-order valence-electron chi connectivity index (χ3n) is 1.89. The summed E-state index contributed by atoms with van der Waals surface area (Å²) < 4.78 is 11.1. The molecule has 0 aliphatic rings. The second kappa shape index (κ2) is 7.49. The predicted octanol–water partition coefficient (Wildman–Crippen LogP) is 3.83. The van der Waals surface area contributed by atoms with Crippen LogP contribution in [0.5, 0.6) is 0 Å². The van der Waals surface area contributed by atoms with Crippen LogP contribution in [0.25, 0.3) is 0 Å². The Balaban J connectivity index is 3.49. The lowest BCUT2D eigenvalue weighted by atomic mass is 10.1. The highest BCUT2D eigenvalue weighted by molar-refractivity contribution is 7.44. The van der Waals surface area contributed by atoms with E-state index in [0.717, 1.165) is 25.2 Å². The standard InChI is InChI=1S/C10H20OP/c1-4-6-7-10(3)8-9-12(11)5-2/h6-7,10H,4-5,8-9H2,1-3H3/q+1. The predicted molar refractivity (Wildman–Crippen MR) is 56.2 cm³/mol. The van der Waals surface area contributed by atoms with Gasteiger partial charge in [-0.15, -0.1) is 0 Å². The molecule has 0 rings (SSSR count). The maximum atomic E-state index is 11.1. The van der Waals surface area contributed by atoms with E-state index >= 15 is 0 Å². The minimum atomic E-state index is -0.910. The molecule has 0 amide bonds.